The Morgan fingerprint density at radius 3 is 3.18 bits per heavy atom. The number of hydrogen-bond donors (Lipinski definition) is 0. The molecule has 1 aromatic heterocycles. The van der Waals surface area contributed by atoms with Crippen molar-refractivity contribution in [2.24, 2.45) is 5.92 Å². The fourth-order valence-corrected chi connectivity index (χ4v) is 2.94. The summed E-state index contributed by atoms with van der Waals surface area (Å²) in [6.45, 7) is 3.66. The number of hydrogen-bond acceptors (Lipinski definition) is 2. The van der Waals surface area contributed by atoms with Gasteiger partial charge in [-0.1, -0.05) is 15.9 Å². The number of rotatable bonds is 3. The normalized spacial score (nSPS) is 19.6. The molecule has 1 fully saturated rings. The molecule has 92 valence electrons. The van der Waals surface area contributed by atoms with Crippen LogP contribution in [-0.4, -0.2) is 34.2 Å². The third-order valence-electron chi connectivity index (χ3n) is 3.33. The number of nitrogens with zero attached hydrogens (tertiary/aromatic N) is 2. The van der Waals surface area contributed by atoms with Crippen LogP contribution < -0.4 is 0 Å². The molecule has 0 bridgehead atoms. The van der Waals surface area contributed by atoms with E-state index < -0.39 is 0 Å². The molecule has 0 N–H and O–H groups in total. The largest absolute Gasteiger partial charge is 0.338 e. The molecule has 2 rings (SSSR count). The molecule has 0 aliphatic carbocycles. The van der Waals surface area contributed by atoms with Gasteiger partial charge in [-0.25, -0.2) is 0 Å². The lowest BCUT2D eigenvalue weighted by Crippen LogP contribution is -2.29. The van der Waals surface area contributed by atoms with Crippen LogP contribution in [0.4, 0.5) is 0 Å². The Morgan fingerprint density at radius 2 is 2.47 bits per heavy atom. The summed E-state index contributed by atoms with van der Waals surface area (Å²) in [7, 11) is 0. The van der Waals surface area contributed by atoms with E-state index in [9.17, 15) is 4.79 Å². The van der Waals surface area contributed by atoms with Gasteiger partial charge >= 0.3 is 0 Å². The first kappa shape index (κ1) is 12.6. The molecule has 1 atom stereocenters. The fraction of sp³-hybridized carbons (Fsp3) is 0.538. The zero-order chi connectivity index (χ0) is 12.3. The van der Waals surface area contributed by atoms with Gasteiger partial charge in [-0.2, -0.15) is 0 Å². The Labute approximate surface area is 110 Å². The highest BCUT2D eigenvalue weighted by Crippen LogP contribution is 2.22. The van der Waals surface area contributed by atoms with Gasteiger partial charge in [-0.15, -0.1) is 0 Å². The van der Waals surface area contributed by atoms with Crippen molar-refractivity contribution < 1.29 is 4.79 Å². The average molecular weight is 297 g/mol. The number of likely N-dealkylation sites (tertiary alicyclic amines) is 1. The topological polar surface area (TPSA) is 33.2 Å². The molecule has 17 heavy (non-hydrogen) atoms. The first-order valence-corrected chi connectivity index (χ1v) is 7.11. The van der Waals surface area contributed by atoms with E-state index in [4.69, 9.17) is 0 Å². The monoisotopic (exact) mass is 296 g/mol. The van der Waals surface area contributed by atoms with Crippen molar-refractivity contribution in [2.75, 3.05) is 18.4 Å². The fourth-order valence-electron chi connectivity index (χ4n) is 2.29. The first-order valence-electron chi connectivity index (χ1n) is 5.99. The summed E-state index contributed by atoms with van der Waals surface area (Å²) in [5.74, 6) is 0.781. The van der Waals surface area contributed by atoms with Crippen LogP contribution in [0.15, 0.2) is 18.3 Å². The van der Waals surface area contributed by atoms with E-state index in [1.807, 2.05) is 24.0 Å². The molecule has 1 amide bonds. The molecule has 1 unspecified atom stereocenters. The van der Waals surface area contributed by atoms with E-state index >= 15 is 0 Å². The van der Waals surface area contributed by atoms with Crippen molar-refractivity contribution in [3.8, 4) is 0 Å². The first-order chi connectivity index (χ1) is 8.22. The molecule has 0 aromatic carbocycles. The standard InChI is InChI=1S/C13H17BrN2O/c1-10-12(3-2-7-15-10)13(17)16-8-5-11(9-16)4-6-14/h2-3,7,11H,4-6,8-9H2,1H3. The number of halogens is 1. The van der Waals surface area contributed by atoms with E-state index in [1.54, 1.807) is 6.20 Å². The molecule has 1 aliphatic heterocycles. The van der Waals surface area contributed by atoms with Gasteiger partial charge in [-0.3, -0.25) is 9.78 Å². The smallest absolute Gasteiger partial charge is 0.255 e. The average Bonchev–Trinajstić information content (AvgIpc) is 2.78. The highest BCUT2D eigenvalue weighted by Gasteiger charge is 2.27. The van der Waals surface area contributed by atoms with Crippen LogP contribution in [0.1, 0.15) is 28.9 Å². The van der Waals surface area contributed by atoms with Crippen molar-refractivity contribution in [3.63, 3.8) is 0 Å². The Balaban J connectivity index is 2.05. The van der Waals surface area contributed by atoms with Gasteiger partial charge in [0.05, 0.1) is 5.56 Å². The summed E-state index contributed by atoms with van der Waals surface area (Å²) >= 11 is 3.46. The van der Waals surface area contributed by atoms with Crippen LogP contribution in [0.25, 0.3) is 0 Å². The lowest BCUT2D eigenvalue weighted by atomic mass is 10.1. The maximum Gasteiger partial charge on any atom is 0.255 e. The zero-order valence-corrected chi connectivity index (χ0v) is 11.6. The van der Waals surface area contributed by atoms with Crippen LogP contribution in [0.2, 0.25) is 0 Å². The lowest BCUT2D eigenvalue weighted by molar-refractivity contribution is 0.0786. The molecule has 1 saturated heterocycles. The second-order valence-corrected chi connectivity index (χ2v) is 5.31. The Morgan fingerprint density at radius 1 is 1.65 bits per heavy atom. The summed E-state index contributed by atoms with van der Waals surface area (Å²) in [6.07, 6.45) is 4.00. The van der Waals surface area contributed by atoms with Gasteiger partial charge in [0.25, 0.3) is 5.91 Å². The van der Waals surface area contributed by atoms with Gasteiger partial charge in [0.1, 0.15) is 0 Å². The van der Waals surface area contributed by atoms with Gasteiger partial charge in [-0.05, 0) is 37.8 Å². The summed E-state index contributed by atoms with van der Waals surface area (Å²) in [6, 6.07) is 3.69. The highest BCUT2D eigenvalue weighted by molar-refractivity contribution is 9.09. The maximum atomic E-state index is 12.3. The highest BCUT2D eigenvalue weighted by atomic mass is 79.9. The minimum absolute atomic E-state index is 0.132. The number of aromatic nitrogens is 1. The molecule has 2 heterocycles. The van der Waals surface area contributed by atoms with Gasteiger partial charge < -0.3 is 4.90 Å². The third-order valence-corrected chi connectivity index (χ3v) is 3.79. The summed E-state index contributed by atoms with van der Waals surface area (Å²) in [4.78, 5) is 18.4. The number of pyridine rings is 1. The number of carbonyl (C=O) groups is 1. The van der Waals surface area contributed by atoms with E-state index in [0.29, 0.717) is 5.92 Å². The van der Waals surface area contributed by atoms with Crippen LogP contribution >= 0.6 is 15.9 Å². The number of alkyl halides is 1. The molecule has 0 saturated carbocycles. The second kappa shape index (κ2) is 5.63. The van der Waals surface area contributed by atoms with Gasteiger partial charge in [0.2, 0.25) is 0 Å². The van der Waals surface area contributed by atoms with Crippen molar-refractivity contribution in [2.45, 2.75) is 19.8 Å². The molecule has 1 aromatic rings. The molecular weight excluding hydrogens is 280 g/mol. The van der Waals surface area contributed by atoms with Gasteiger partial charge in [0.15, 0.2) is 0 Å². The van der Waals surface area contributed by atoms with Crippen LogP contribution in [0.3, 0.4) is 0 Å². The number of carbonyl (C=O) groups excluding carboxylic acids is 1. The summed E-state index contributed by atoms with van der Waals surface area (Å²) in [5.41, 5.74) is 1.56. The Kier molecular flexibility index (Phi) is 4.15. The summed E-state index contributed by atoms with van der Waals surface area (Å²) < 4.78 is 0. The summed E-state index contributed by atoms with van der Waals surface area (Å²) in [5, 5.41) is 1.02. The van der Waals surface area contributed by atoms with E-state index in [2.05, 4.69) is 20.9 Å². The Bertz CT molecular complexity index is 408. The minimum atomic E-state index is 0.132. The zero-order valence-electron chi connectivity index (χ0n) is 10.0. The van der Waals surface area contributed by atoms with Crippen molar-refractivity contribution in [3.05, 3.63) is 29.6 Å². The van der Waals surface area contributed by atoms with E-state index in [0.717, 1.165) is 42.5 Å². The van der Waals surface area contributed by atoms with E-state index in [1.165, 1.54) is 0 Å². The third kappa shape index (κ3) is 2.86. The Hall–Kier alpha value is -0.900. The minimum Gasteiger partial charge on any atom is -0.338 e. The molecular formula is C13H17BrN2O. The quantitative estimate of drug-likeness (QED) is 0.804. The van der Waals surface area contributed by atoms with Crippen LogP contribution in [0, 0.1) is 12.8 Å². The molecule has 3 nitrogen and oxygen atoms in total. The predicted octanol–water partition coefficient (Wildman–Crippen LogP) is 2.64. The molecule has 0 radical (unpaired) electrons. The predicted molar refractivity (Wildman–Crippen MR) is 71.4 cm³/mol. The number of amides is 1. The van der Waals surface area contributed by atoms with Crippen molar-refractivity contribution in [1.82, 2.24) is 9.88 Å². The van der Waals surface area contributed by atoms with Crippen LogP contribution in [0.5, 0.6) is 0 Å². The van der Waals surface area contributed by atoms with Crippen LogP contribution in [-0.2, 0) is 0 Å². The molecule has 4 heteroatoms. The molecule has 1 aliphatic rings. The second-order valence-electron chi connectivity index (χ2n) is 4.52. The van der Waals surface area contributed by atoms with Crippen molar-refractivity contribution >= 4 is 21.8 Å². The van der Waals surface area contributed by atoms with Crippen molar-refractivity contribution in [1.29, 1.82) is 0 Å². The SMILES string of the molecule is Cc1ncccc1C(=O)N1CCC(CCBr)C1. The van der Waals surface area contributed by atoms with Gasteiger partial charge in [0, 0.05) is 30.3 Å². The number of aryl methyl sites for hydroxylation is 1. The molecule has 0 spiro atoms. The lowest BCUT2D eigenvalue weighted by Gasteiger charge is -2.17. The maximum absolute atomic E-state index is 12.3. The van der Waals surface area contributed by atoms with E-state index in [-0.39, 0.29) is 5.91 Å².